The monoisotopic (exact) mass is 296 g/mol. The molecule has 0 aliphatic carbocycles. The van der Waals surface area contributed by atoms with Crippen LogP contribution in [-0.2, 0) is 14.3 Å². The molecule has 1 saturated heterocycles. The van der Waals surface area contributed by atoms with Gasteiger partial charge < -0.3 is 24.4 Å². The first-order chi connectivity index (χ1) is 9.87. The third-order valence-corrected chi connectivity index (χ3v) is 4.23. The molecule has 2 aliphatic heterocycles. The predicted molar refractivity (Wildman–Crippen MR) is 75.0 cm³/mol. The van der Waals surface area contributed by atoms with Crippen LogP contribution in [0, 0.1) is 5.92 Å². The van der Waals surface area contributed by atoms with E-state index in [1.165, 1.54) is 0 Å². The van der Waals surface area contributed by atoms with Crippen LogP contribution in [0.2, 0.25) is 0 Å². The minimum atomic E-state index is -1.01. The Morgan fingerprint density at radius 1 is 1.33 bits per heavy atom. The van der Waals surface area contributed by atoms with Crippen molar-refractivity contribution in [3.63, 3.8) is 0 Å². The molecule has 1 fully saturated rings. The van der Waals surface area contributed by atoms with E-state index in [1.807, 2.05) is 26.2 Å². The van der Waals surface area contributed by atoms with Crippen molar-refractivity contribution in [3.8, 4) is 0 Å². The average Bonchev–Trinajstić information content (AvgIpc) is 2.99. The number of carbonyl (C=O) groups is 2. The molecule has 0 aromatic heterocycles. The van der Waals surface area contributed by atoms with Gasteiger partial charge in [-0.3, -0.25) is 4.79 Å². The molecule has 2 heterocycles. The fourth-order valence-corrected chi connectivity index (χ4v) is 2.91. The normalized spacial score (nSPS) is 27.0. The van der Waals surface area contributed by atoms with Gasteiger partial charge in [-0.2, -0.15) is 0 Å². The summed E-state index contributed by atoms with van der Waals surface area (Å²) in [6.07, 6.45) is 5.50. The molecule has 0 spiro atoms. The van der Waals surface area contributed by atoms with Crippen molar-refractivity contribution >= 4 is 11.9 Å². The van der Waals surface area contributed by atoms with Gasteiger partial charge in [-0.15, -0.1) is 0 Å². The second-order valence-corrected chi connectivity index (χ2v) is 6.52. The Morgan fingerprint density at radius 3 is 2.67 bits per heavy atom. The summed E-state index contributed by atoms with van der Waals surface area (Å²) in [5.41, 5.74) is 0. The molecule has 2 aliphatic rings. The molecule has 0 saturated carbocycles. The first kappa shape index (κ1) is 16.0. The topological polar surface area (TPSA) is 78.5 Å². The maximum atomic E-state index is 12.1. The molecule has 2 unspecified atom stereocenters. The summed E-state index contributed by atoms with van der Waals surface area (Å²) < 4.78 is 6.27. The molecule has 0 radical (unpaired) electrons. The molecule has 1 N–H and O–H groups in total. The van der Waals surface area contributed by atoms with Crippen molar-refractivity contribution < 1.29 is 23.9 Å². The minimum Gasteiger partial charge on any atom is -0.550 e. The third-order valence-electron chi connectivity index (χ3n) is 4.23. The maximum Gasteiger partial charge on any atom is 0.226 e. The van der Waals surface area contributed by atoms with Gasteiger partial charge in [-0.25, -0.2) is 0 Å². The number of hydrogen-bond donors (Lipinski definition) is 1. The Morgan fingerprint density at radius 2 is 2.10 bits per heavy atom. The summed E-state index contributed by atoms with van der Waals surface area (Å²) >= 11 is 0. The first-order valence-electron chi connectivity index (χ1n) is 7.51. The van der Waals surface area contributed by atoms with Crippen molar-refractivity contribution in [2.75, 3.05) is 33.7 Å². The maximum absolute atomic E-state index is 12.1. The van der Waals surface area contributed by atoms with Crippen LogP contribution in [0.15, 0.2) is 12.2 Å². The van der Waals surface area contributed by atoms with Gasteiger partial charge in [-0.1, -0.05) is 12.2 Å². The molecule has 1 amide bonds. The van der Waals surface area contributed by atoms with Gasteiger partial charge in [0, 0.05) is 12.4 Å². The summed E-state index contributed by atoms with van der Waals surface area (Å²) in [7, 11) is 4.07. The number of hydrogen-bond acceptors (Lipinski definition) is 4. The fraction of sp³-hybridized carbons (Fsp3) is 0.733. The molecular formula is C15H24N2O4. The fourth-order valence-electron chi connectivity index (χ4n) is 2.91. The third kappa shape index (κ3) is 4.54. The number of carboxylic acid groups (broad SMARTS) is 1. The standard InChI is InChI=1S/C15H24N2O4/c1-17(2,8-3-4-14(18)19)9-7-16-15(20)12-10-11-5-6-13(12)21-11/h5-6,11-13H,3-4,7-10H2,1-2H3,(H-,16,18,19,20)/t11?,12-,13?/m0/s1. The van der Waals surface area contributed by atoms with E-state index in [0.29, 0.717) is 17.4 Å². The van der Waals surface area contributed by atoms with E-state index in [4.69, 9.17) is 4.74 Å². The van der Waals surface area contributed by atoms with Crippen molar-refractivity contribution in [1.29, 1.82) is 0 Å². The predicted octanol–water partition coefficient (Wildman–Crippen LogP) is -0.947. The largest absolute Gasteiger partial charge is 0.550 e. The quantitative estimate of drug-likeness (QED) is 0.463. The highest BCUT2D eigenvalue weighted by atomic mass is 16.5. The second kappa shape index (κ2) is 6.58. The van der Waals surface area contributed by atoms with Crippen LogP contribution in [0.5, 0.6) is 0 Å². The van der Waals surface area contributed by atoms with E-state index in [-0.39, 0.29) is 30.5 Å². The molecule has 3 atom stereocenters. The lowest BCUT2D eigenvalue weighted by Crippen LogP contribution is -2.47. The van der Waals surface area contributed by atoms with Crippen LogP contribution in [0.4, 0.5) is 0 Å². The van der Waals surface area contributed by atoms with Gasteiger partial charge in [0.25, 0.3) is 0 Å². The lowest BCUT2D eigenvalue weighted by molar-refractivity contribution is -0.889. The molecule has 6 heteroatoms. The summed E-state index contributed by atoms with van der Waals surface area (Å²) in [6, 6.07) is 0. The molecule has 6 nitrogen and oxygen atoms in total. The first-order valence-corrected chi connectivity index (χ1v) is 7.51. The highest BCUT2D eigenvalue weighted by molar-refractivity contribution is 5.80. The average molecular weight is 296 g/mol. The lowest BCUT2D eigenvalue weighted by Gasteiger charge is -2.30. The number of fused-ring (bicyclic) bond motifs is 2. The Labute approximate surface area is 125 Å². The van der Waals surface area contributed by atoms with Crippen LogP contribution in [0.25, 0.3) is 0 Å². The van der Waals surface area contributed by atoms with Gasteiger partial charge in [0.15, 0.2) is 0 Å². The number of quaternary nitrogens is 1. The number of carboxylic acids is 1. The second-order valence-electron chi connectivity index (χ2n) is 6.52. The lowest BCUT2D eigenvalue weighted by atomic mass is 9.93. The summed E-state index contributed by atoms with van der Waals surface area (Å²) in [5, 5.41) is 13.4. The summed E-state index contributed by atoms with van der Waals surface area (Å²) in [6.45, 7) is 2.12. The van der Waals surface area contributed by atoms with Crippen LogP contribution in [0.1, 0.15) is 19.3 Å². The Kier molecular flexibility index (Phi) is 5.00. The zero-order chi connectivity index (χ0) is 15.5. The van der Waals surface area contributed by atoms with Crippen LogP contribution < -0.4 is 10.4 Å². The van der Waals surface area contributed by atoms with E-state index in [0.717, 1.165) is 19.5 Å². The number of carbonyl (C=O) groups excluding carboxylic acids is 2. The van der Waals surface area contributed by atoms with E-state index < -0.39 is 5.97 Å². The molecule has 118 valence electrons. The van der Waals surface area contributed by atoms with Gasteiger partial charge in [0.05, 0.1) is 51.9 Å². The van der Waals surface area contributed by atoms with Crippen molar-refractivity contribution in [2.45, 2.75) is 31.5 Å². The minimum absolute atomic E-state index is 0.0550. The number of likely N-dealkylation sites (N-methyl/N-ethyl adjacent to an activating group) is 1. The van der Waals surface area contributed by atoms with Crippen molar-refractivity contribution in [3.05, 3.63) is 12.2 Å². The highest BCUT2D eigenvalue weighted by Gasteiger charge is 2.40. The van der Waals surface area contributed by atoms with Gasteiger partial charge >= 0.3 is 0 Å². The van der Waals surface area contributed by atoms with E-state index in [1.54, 1.807) is 0 Å². The zero-order valence-electron chi connectivity index (χ0n) is 12.7. The van der Waals surface area contributed by atoms with Crippen LogP contribution >= 0.6 is 0 Å². The highest BCUT2D eigenvalue weighted by Crippen LogP contribution is 2.33. The Balaban J connectivity index is 1.65. The Bertz CT molecular complexity index is 433. The number of nitrogens with one attached hydrogen (secondary N) is 1. The number of nitrogens with zero attached hydrogens (tertiary/aromatic N) is 1. The Hall–Kier alpha value is -1.40. The van der Waals surface area contributed by atoms with E-state index in [2.05, 4.69) is 5.32 Å². The van der Waals surface area contributed by atoms with E-state index in [9.17, 15) is 14.7 Å². The van der Waals surface area contributed by atoms with Crippen LogP contribution in [-0.4, -0.2) is 62.3 Å². The molecule has 0 aromatic carbocycles. The molecule has 2 rings (SSSR count). The van der Waals surface area contributed by atoms with Crippen LogP contribution in [0.3, 0.4) is 0 Å². The van der Waals surface area contributed by atoms with Crippen molar-refractivity contribution in [1.82, 2.24) is 5.32 Å². The van der Waals surface area contributed by atoms with E-state index >= 15 is 0 Å². The SMILES string of the molecule is C[N+](C)(CCCC(=O)[O-])CCNC(=O)[C@H]1CC2C=CC1O2. The zero-order valence-corrected chi connectivity index (χ0v) is 12.7. The molecule has 0 aromatic rings. The smallest absolute Gasteiger partial charge is 0.226 e. The van der Waals surface area contributed by atoms with Gasteiger partial charge in [-0.05, 0) is 12.8 Å². The number of rotatable bonds is 8. The molecular weight excluding hydrogens is 272 g/mol. The number of ether oxygens (including phenoxy) is 1. The number of aliphatic carboxylic acids is 1. The molecule has 21 heavy (non-hydrogen) atoms. The van der Waals surface area contributed by atoms with Gasteiger partial charge in [0.2, 0.25) is 5.91 Å². The summed E-state index contributed by atoms with van der Waals surface area (Å²) in [4.78, 5) is 22.5. The molecule has 2 bridgehead atoms. The van der Waals surface area contributed by atoms with Crippen molar-refractivity contribution in [2.24, 2.45) is 5.92 Å². The summed E-state index contributed by atoms with van der Waals surface area (Å²) in [5.74, 6) is -1.01. The van der Waals surface area contributed by atoms with Gasteiger partial charge in [0.1, 0.15) is 0 Å². The number of amides is 1.